The van der Waals surface area contributed by atoms with Crippen LogP contribution in [0.3, 0.4) is 0 Å². The molecule has 1 aromatic rings. The third kappa shape index (κ3) is 3.49. The molecule has 0 aliphatic carbocycles. The van der Waals surface area contributed by atoms with Gasteiger partial charge in [0.1, 0.15) is 0 Å². The Morgan fingerprint density at radius 1 is 1.47 bits per heavy atom. The summed E-state index contributed by atoms with van der Waals surface area (Å²) < 4.78 is 24.4. The Hall–Kier alpha value is -0.590. The number of rotatable bonds is 3. The minimum absolute atomic E-state index is 0.0173. The molecule has 1 atom stereocenters. The number of nitrogens with one attached hydrogen (secondary N) is 1. The summed E-state index contributed by atoms with van der Waals surface area (Å²) in [4.78, 5) is 2.19. The summed E-state index contributed by atoms with van der Waals surface area (Å²) in [5.41, 5.74) is 2.31. The van der Waals surface area contributed by atoms with Gasteiger partial charge in [-0.2, -0.15) is 0 Å². The normalized spacial score (nSPS) is 22.5. The summed E-state index contributed by atoms with van der Waals surface area (Å²) >= 11 is 3.49. The summed E-state index contributed by atoms with van der Waals surface area (Å²) in [6, 6.07) is 6.18. The van der Waals surface area contributed by atoms with Crippen LogP contribution in [-0.4, -0.2) is 39.6 Å². The van der Waals surface area contributed by atoms with Crippen LogP contribution in [0, 0.1) is 0 Å². The molecule has 1 heterocycles. The summed E-state index contributed by atoms with van der Waals surface area (Å²) in [5.74, 6) is 0.474. The average Bonchev–Trinajstić information content (AvgIpc) is 2.31. The number of hydrogen-bond acceptors (Lipinski definition) is 4. The van der Waals surface area contributed by atoms with E-state index in [1.807, 2.05) is 20.0 Å². The molecule has 6 heteroatoms. The fourth-order valence-corrected chi connectivity index (χ4v) is 4.41. The zero-order chi connectivity index (χ0) is 14.0. The largest absolute Gasteiger partial charge is 0.366 e. The smallest absolute Gasteiger partial charge is 0.154 e. The lowest BCUT2D eigenvalue weighted by atomic mass is 10.1. The zero-order valence-corrected chi connectivity index (χ0v) is 13.6. The highest BCUT2D eigenvalue weighted by atomic mass is 79.9. The number of sulfone groups is 1. The first-order chi connectivity index (χ1) is 8.93. The van der Waals surface area contributed by atoms with Gasteiger partial charge in [0.05, 0.1) is 11.5 Å². The molecular weight excluding hydrogens is 328 g/mol. The van der Waals surface area contributed by atoms with Gasteiger partial charge in [0.25, 0.3) is 0 Å². The summed E-state index contributed by atoms with van der Waals surface area (Å²) in [6.45, 7) is 3.32. The van der Waals surface area contributed by atoms with Crippen LogP contribution < -0.4 is 10.2 Å². The van der Waals surface area contributed by atoms with Crippen LogP contribution in [0.25, 0.3) is 0 Å². The van der Waals surface area contributed by atoms with Gasteiger partial charge in [0.2, 0.25) is 0 Å². The van der Waals surface area contributed by atoms with Crippen molar-refractivity contribution in [3.8, 4) is 0 Å². The maximum absolute atomic E-state index is 11.7. The number of anilines is 1. The Morgan fingerprint density at radius 2 is 2.21 bits per heavy atom. The van der Waals surface area contributed by atoms with Gasteiger partial charge in [-0.25, -0.2) is 8.42 Å². The molecule has 0 spiro atoms. The molecule has 1 aromatic carbocycles. The van der Waals surface area contributed by atoms with Gasteiger partial charge in [-0.05, 0) is 31.7 Å². The maximum atomic E-state index is 11.7. The topological polar surface area (TPSA) is 49.4 Å². The third-order valence-corrected chi connectivity index (χ3v) is 5.68. The lowest BCUT2D eigenvalue weighted by Crippen LogP contribution is -2.47. The molecule has 0 aromatic heterocycles. The van der Waals surface area contributed by atoms with Crippen LogP contribution in [0.15, 0.2) is 22.7 Å². The van der Waals surface area contributed by atoms with Gasteiger partial charge in [0, 0.05) is 29.3 Å². The number of benzene rings is 1. The molecule has 1 fully saturated rings. The van der Waals surface area contributed by atoms with E-state index in [9.17, 15) is 8.42 Å². The van der Waals surface area contributed by atoms with E-state index in [0.29, 0.717) is 6.54 Å². The molecule has 0 radical (unpaired) electrons. The molecule has 1 unspecified atom stereocenters. The van der Waals surface area contributed by atoms with E-state index in [2.05, 4.69) is 38.3 Å². The molecule has 0 amide bonds. The van der Waals surface area contributed by atoms with E-state index < -0.39 is 9.84 Å². The fourth-order valence-electron chi connectivity index (χ4n) is 2.50. The van der Waals surface area contributed by atoms with Crippen molar-refractivity contribution in [2.45, 2.75) is 19.5 Å². The second kappa shape index (κ2) is 5.81. The highest BCUT2D eigenvalue weighted by Crippen LogP contribution is 2.28. The van der Waals surface area contributed by atoms with Crippen molar-refractivity contribution < 1.29 is 8.42 Å². The van der Waals surface area contributed by atoms with Gasteiger partial charge in [-0.3, -0.25) is 0 Å². The molecule has 0 bridgehead atoms. The maximum Gasteiger partial charge on any atom is 0.154 e. The van der Waals surface area contributed by atoms with Crippen molar-refractivity contribution in [2.24, 2.45) is 0 Å². The minimum atomic E-state index is -2.88. The molecule has 106 valence electrons. The first kappa shape index (κ1) is 14.8. The van der Waals surface area contributed by atoms with E-state index >= 15 is 0 Å². The monoisotopic (exact) mass is 346 g/mol. The molecular formula is C13H19BrN2O2S. The van der Waals surface area contributed by atoms with E-state index in [1.54, 1.807) is 0 Å². The standard InChI is InChI=1S/C13H19BrN2O2S/c1-10-9-19(17,18)6-5-16(10)13-7-12(14)4-3-11(13)8-15-2/h3-4,7,10,15H,5-6,8-9H2,1-2H3. The summed E-state index contributed by atoms with van der Waals surface area (Å²) in [5, 5.41) is 3.15. The van der Waals surface area contributed by atoms with Gasteiger partial charge in [0.15, 0.2) is 9.84 Å². The van der Waals surface area contributed by atoms with Crippen molar-refractivity contribution in [1.29, 1.82) is 0 Å². The van der Waals surface area contributed by atoms with Crippen LogP contribution in [-0.2, 0) is 16.4 Å². The van der Waals surface area contributed by atoms with Gasteiger partial charge in [-0.15, -0.1) is 0 Å². The predicted molar refractivity (Wildman–Crippen MR) is 82.4 cm³/mol. The number of nitrogens with zero attached hydrogens (tertiary/aromatic N) is 1. The second-order valence-corrected chi connectivity index (χ2v) is 8.10. The van der Waals surface area contributed by atoms with E-state index in [1.165, 1.54) is 5.56 Å². The van der Waals surface area contributed by atoms with Crippen LogP contribution in [0.4, 0.5) is 5.69 Å². The second-order valence-electron chi connectivity index (χ2n) is 4.96. The average molecular weight is 347 g/mol. The van der Waals surface area contributed by atoms with Crippen molar-refractivity contribution in [2.75, 3.05) is 30.0 Å². The molecule has 1 saturated heterocycles. The molecule has 0 saturated carbocycles. The van der Waals surface area contributed by atoms with Crippen molar-refractivity contribution in [1.82, 2.24) is 5.32 Å². The van der Waals surface area contributed by atoms with Gasteiger partial charge < -0.3 is 10.2 Å². The highest BCUT2D eigenvalue weighted by molar-refractivity contribution is 9.10. The lowest BCUT2D eigenvalue weighted by Gasteiger charge is -2.36. The highest BCUT2D eigenvalue weighted by Gasteiger charge is 2.29. The Labute approximate surface area is 123 Å². The van der Waals surface area contributed by atoms with Crippen LogP contribution in [0.1, 0.15) is 12.5 Å². The molecule has 19 heavy (non-hydrogen) atoms. The first-order valence-electron chi connectivity index (χ1n) is 6.33. The molecule has 1 aliphatic rings. The quantitative estimate of drug-likeness (QED) is 0.906. The molecule has 1 N–H and O–H groups in total. The summed E-state index contributed by atoms with van der Waals surface area (Å²) in [6.07, 6.45) is 0. The van der Waals surface area contributed by atoms with Crippen molar-refractivity contribution >= 4 is 31.5 Å². The predicted octanol–water partition coefficient (Wildman–Crippen LogP) is 1.79. The van der Waals surface area contributed by atoms with Crippen molar-refractivity contribution in [3.63, 3.8) is 0 Å². The third-order valence-electron chi connectivity index (χ3n) is 3.39. The van der Waals surface area contributed by atoms with Crippen LogP contribution in [0.2, 0.25) is 0 Å². The van der Waals surface area contributed by atoms with Crippen LogP contribution >= 0.6 is 15.9 Å². The Balaban J connectivity index is 2.33. The van der Waals surface area contributed by atoms with Crippen molar-refractivity contribution in [3.05, 3.63) is 28.2 Å². The molecule has 2 rings (SSSR count). The van der Waals surface area contributed by atoms with Gasteiger partial charge in [-0.1, -0.05) is 22.0 Å². The van der Waals surface area contributed by atoms with E-state index in [-0.39, 0.29) is 17.5 Å². The molecule has 4 nitrogen and oxygen atoms in total. The number of hydrogen-bond donors (Lipinski definition) is 1. The SMILES string of the molecule is CNCc1ccc(Br)cc1N1CCS(=O)(=O)CC1C. The Morgan fingerprint density at radius 3 is 2.84 bits per heavy atom. The Bertz CT molecular complexity index is 560. The Kier molecular flexibility index (Phi) is 4.53. The zero-order valence-electron chi connectivity index (χ0n) is 11.2. The number of halogens is 1. The van der Waals surface area contributed by atoms with Crippen LogP contribution in [0.5, 0.6) is 0 Å². The fraction of sp³-hybridized carbons (Fsp3) is 0.538. The van der Waals surface area contributed by atoms with Gasteiger partial charge >= 0.3 is 0 Å². The lowest BCUT2D eigenvalue weighted by molar-refractivity contribution is 0.567. The summed E-state index contributed by atoms with van der Waals surface area (Å²) in [7, 11) is -0.965. The minimum Gasteiger partial charge on any atom is -0.366 e. The first-order valence-corrected chi connectivity index (χ1v) is 8.94. The van der Waals surface area contributed by atoms with E-state index in [4.69, 9.17) is 0 Å². The van der Waals surface area contributed by atoms with E-state index in [0.717, 1.165) is 16.7 Å². The molecule has 1 aliphatic heterocycles.